The van der Waals surface area contributed by atoms with Gasteiger partial charge < -0.3 is 26.0 Å². The summed E-state index contributed by atoms with van der Waals surface area (Å²) in [6.45, 7) is 3.86. The Balaban J connectivity index is 1.28. The van der Waals surface area contributed by atoms with Crippen molar-refractivity contribution in [1.82, 2.24) is 20.8 Å². The van der Waals surface area contributed by atoms with Crippen LogP contribution in [0.1, 0.15) is 35.2 Å². The summed E-state index contributed by atoms with van der Waals surface area (Å²) in [5, 5.41) is 20.5. The summed E-state index contributed by atoms with van der Waals surface area (Å²) in [7, 11) is 0. The zero-order valence-corrected chi connectivity index (χ0v) is 18.6. The Morgan fingerprint density at radius 2 is 1.76 bits per heavy atom. The van der Waals surface area contributed by atoms with Crippen LogP contribution in [0.25, 0.3) is 0 Å². The van der Waals surface area contributed by atoms with Crippen LogP contribution in [0, 0.1) is 5.41 Å². The summed E-state index contributed by atoms with van der Waals surface area (Å²) in [6, 6.07) is 17.5. The second-order valence-corrected chi connectivity index (χ2v) is 8.93. The van der Waals surface area contributed by atoms with Crippen LogP contribution < -0.4 is 26.0 Å². The molecule has 5 N–H and O–H groups in total. The molecule has 3 aromatic rings. The lowest BCUT2D eigenvalue weighted by Crippen LogP contribution is -2.36. The summed E-state index contributed by atoms with van der Waals surface area (Å²) < 4.78 is 5.87. The highest BCUT2D eigenvalue weighted by molar-refractivity contribution is 5.94. The van der Waals surface area contributed by atoms with Crippen LogP contribution in [0.15, 0.2) is 54.6 Å². The number of aromatic nitrogens is 2. The van der Waals surface area contributed by atoms with Crippen LogP contribution in [0.3, 0.4) is 0 Å². The first kappa shape index (κ1) is 21.3. The van der Waals surface area contributed by atoms with Crippen molar-refractivity contribution in [1.29, 1.82) is 0 Å². The van der Waals surface area contributed by atoms with E-state index in [1.807, 2.05) is 42.5 Å². The van der Waals surface area contributed by atoms with Gasteiger partial charge in [-0.1, -0.05) is 12.1 Å². The van der Waals surface area contributed by atoms with Gasteiger partial charge in [0.2, 0.25) is 0 Å². The molecular formula is C25H30N6O2. The van der Waals surface area contributed by atoms with E-state index in [0.29, 0.717) is 25.3 Å². The summed E-state index contributed by atoms with van der Waals surface area (Å²) in [5.74, 6) is 2.38. The smallest absolute Gasteiger partial charge is 0.251 e. The Labute approximate surface area is 193 Å². The molecule has 5 aliphatic rings. The van der Waals surface area contributed by atoms with Crippen LogP contribution in [0.2, 0.25) is 0 Å². The van der Waals surface area contributed by atoms with E-state index in [4.69, 9.17) is 4.74 Å². The number of ether oxygens (including phenoxy) is 1. The summed E-state index contributed by atoms with van der Waals surface area (Å²) in [6.07, 6.45) is 3.23. The molecule has 6 bridgehead atoms. The fourth-order valence-electron chi connectivity index (χ4n) is 3.94. The van der Waals surface area contributed by atoms with Gasteiger partial charge in [-0.05, 0) is 67.8 Å². The molecular weight excluding hydrogens is 416 g/mol. The first-order valence-electron chi connectivity index (χ1n) is 11.5. The van der Waals surface area contributed by atoms with Crippen molar-refractivity contribution in [2.24, 2.45) is 5.41 Å². The van der Waals surface area contributed by atoms with Gasteiger partial charge >= 0.3 is 0 Å². The topological polar surface area (TPSA) is 103 Å². The Morgan fingerprint density at radius 1 is 0.939 bits per heavy atom. The number of nitrogens with zero attached hydrogens (tertiary/aromatic N) is 1. The molecule has 5 heterocycles. The Morgan fingerprint density at radius 3 is 2.55 bits per heavy atom. The maximum Gasteiger partial charge on any atom is 0.251 e. The van der Waals surface area contributed by atoms with Gasteiger partial charge in [0.25, 0.3) is 5.91 Å². The second-order valence-electron chi connectivity index (χ2n) is 8.93. The molecule has 8 nitrogen and oxygen atoms in total. The third kappa shape index (κ3) is 5.64. The molecule has 0 saturated heterocycles. The van der Waals surface area contributed by atoms with Gasteiger partial charge in [-0.2, -0.15) is 5.10 Å². The average molecular weight is 447 g/mol. The number of H-pyrrole nitrogens is 1. The minimum Gasteiger partial charge on any atom is -0.494 e. The monoisotopic (exact) mass is 446 g/mol. The SMILES string of the molecule is O=C1NCC2(CC2)CNCCCOc2ccc(cc2)CNc2cc([nH]n2)Nc2ccc1cc2. The number of carbonyl (C=O) groups excluding carboxylic acids is 1. The molecule has 1 aromatic heterocycles. The van der Waals surface area contributed by atoms with Crippen LogP contribution >= 0.6 is 0 Å². The number of anilines is 3. The normalized spacial score (nSPS) is 18.5. The third-order valence-electron chi connectivity index (χ3n) is 6.25. The Kier molecular flexibility index (Phi) is 6.17. The van der Waals surface area contributed by atoms with Crippen molar-refractivity contribution in [3.05, 3.63) is 65.7 Å². The molecule has 1 saturated carbocycles. The first-order chi connectivity index (χ1) is 16.2. The van der Waals surface area contributed by atoms with Crippen LogP contribution in [-0.2, 0) is 6.54 Å². The van der Waals surface area contributed by atoms with Crippen LogP contribution in [0.4, 0.5) is 17.3 Å². The highest BCUT2D eigenvalue weighted by Crippen LogP contribution is 2.44. The number of aromatic amines is 1. The molecule has 33 heavy (non-hydrogen) atoms. The molecule has 1 spiro atoms. The molecule has 0 atom stereocenters. The minimum absolute atomic E-state index is 0.0330. The highest BCUT2D eigenvalue weighted by Gasteiger charge is 2.42. The predicted molar refractivity (Wildman–Crippen MR) is 129 cm³/mol. The number of nitrogens with one attached hydrogen (secondary N) is 5. The van der Waals surface area contributed by atoms with E-state index < -0.39 is 0 Å². The van der Waals surface area contributed by atoms with Gasteiger partial charge in [0.1, 0.15) is 17.4 Å². The van der Waals surface area contributed by atoms with E-state index in [0.717, 1.165) is 61.0 Å². The van der Waals surface area contributed by atoms with E-state index in [2.05, 4.69) is 43.6 Å². The number of hydrogen-bond acceptors (Lipinski definition) is 6. The van der Waals surface area contributed by atoms with Crippen molar-refractivity contribution >= 4 is 23.2 Å². The molecule has 8 rings (SSSR count). The highest BCUT2D eigenvalue weighted by atomic mass is 16.5. The standard InChI is InChI=1S/C25H30N6O2/c32-24-19-4-6-20(7-5-19)29-23-14-22(30-31-23)27-15-18-2-8-21(9-3-18)33-13-1-12-26-16-25(10-11-25)17-28-24/h2-9,14,26H,1,10-13,15-17H2,(H,28,32)(H3,27,29,30,31). The molecule has 172 valence electrons. The maximum absolute atomic E-state index is 12.6. The summed E-state index contributed by atoms with van der Waals surface area (Å²) >= 11 is 0. The minimum atomic E-state index is -0.0330. The lowest BCUT2D eigenvalue weighted by atomic mass is 10.1. The van der Waals surface area contributed by atoms with Crippen molar-refractivity contribution in [3.63, 3.8) is 0 Å². The Hall–Kier alpha value is -3.52. The number of benzene rings is 2. The number of amides is 1. The van der Waals surface area contributed by atoms with E-state index in [1.54, 1.807) is 0 Å². The van der Waals surface area contributed by atoms with Gasteiger partial charge in [0.15, 0.2) is 0 Å². The summed E-state index contributed by atoms with van der Waals surface area (Å²) in [5.41, 5.74) is 2.89. The van der Waals surface area contributed by atoms with E-state index >= 15 is 0 Å². The van der Waals surface area contributed by atoms with Crippen LogP contribution in [0.5, 0.6) is 5.75 Å². The van der Waals surface area contributed by atoms with E-state index in [9.17, 15) is 4.79 Å². The Bertz CT molecular complexity index is 1070. The van der Waals surface area contributed by atoms with E-state index in [-0.39, 0.29) is 11.3 Å². The fraction of sp³-hybridized carbons (Fsp3) is 0.360. The molecule has 4 aliphatic heterocycles. The van der Waals surface area contributed by atoms with Gasteiger partial charge in [0, 0.05) is 42.4 Å². The van der Waals surface area contributed by atoms with E-state index in [1.165, 1.54) is 0 Å². The van der Waals surface area contributed by atoms with Crippen molar-refractivity contribution < 1.29 is 9.53 Å². The van der Waals surface area contributed by atoms with Crippen molar-refractivity contribution in [2.75, 3.05) is 36.9 Å². The van der Waals surface area contributed by atoms with Gasteiger partial charge in [0.05, 0.1) is 6.61 Å². The molecule has 0 radical (unpaired) electrons. The second kappa shape index (κ2) is 9.54. The van der Waals surface area contributed by atoms with Crippen LogP contribution in [-0.4, -0.2) is 42.3 Å². The number of hydrogen-bond donors (Lipinski definition) is 5. The molecule has 8 heteroatoms. The maximum atomic E-state index is 12.6. The molecule has 0 unspecified atom stereocenters. The van der Waals surface area contributed by atoms with Crippen molar-refractivity contribution in [2.45, 2.75) is 25.8 Å². The predicted octanol–water partition coefficient (Wildman–Crippen LogP) is 3.65. The zero-order valence-electron chi connectivity index (χ0n) is 18.6. The number of rotatable bonds is 0. The number of carbonyl (C=O) groups is 1. The quantitative estimate of drug-likeness (QED) is 0.361. The molecule has 2 aromatic carbocycles. The molecule has 1 amide bonds. The third-order valence-corrected chi connectivity index (χ3v) is 6.25. The largest absolute Gasteiger partial charge is 0.494 e. The summed E-state index contributed by atoms with van der Waals surface area (Å²) in [4.78, 5) is 12.6. The first-order valence-corrected chi connectivity index (χ1v) is 11.5. The lowest BCUT2D eigenvalue weighted by molar-refractivity contribution is 0.0944. The molecule has 1 fully saturated rings. The molecule has 1 aliphatic carbocycles. The lowest BCUT2D eigenvalue weighted by Gasteiger charge is -2.17. The van der Waals surface area contributed by atoms with Gasteiger partial charge in [-0.25, -0.2) is 0 Å². The van der Waals surface area contributed by atoms with Gasteiger partial charge in [-0.3, -0.25) is 9.89 Å². The zero-order chi connectivity index (χ0) is 22.5. The van der Waals surface area contributed by atoms with Crippen molar-refractivity contribution in [3.8, 4) is 5.75 Å². The van der Waals surface area contributed by atoms with Gasteiger partial charge in [-0.15, -0.1) is 0 Å². The fourth-order valence-corrected chi connectivity index (χ4v) is 3.94. The average Bonchev–Trinajstić information content (AvgIpc) is 3.48.